The van der Waals surface area contributed by atoms with Crippen molar-refractivity contribution in [2.24, 2.45) is 7.05 Å². The van der Waals surface area contributed by atoms with Gasteiger partial charge >= 0.3 is 0 Å². The molecule has 4 aromatic rings. The summed E-state index contributed by atoms with van der Waals surface area (Å²) in [5.74, 6) is 1.83. The molecule has 0 amide bonds. The second-order valence-electron chi connectivity index (χ2n) is 13.9. The van der Waals surface area contributed by atoms with Crippen molar-refractivity contribution in [3.8, 4) is 17.1 Å². The van der Waals surface area contributed by atoms with E-state index in [4.69, 9.17) is 33.5 Å². The van der Waals surface area contributed by atoms with Crippen LogP contribution in [0.25, 0.3) is 22.3 Å². The van der Waals surface area contributed by atoms with Crippen LogP contribution in [0.15, 0.2) is 54.7 Å². The van der Waals surface area contributed by atoms with Gasteiger partial charge in [0, 0.05) is 31.7 Å². The quantitative estimate of drug-likeness (QED) is 0.0965. The minimum absolute atomic E-state index is 0.0186. The van der Waals surface area contributed by atoms with Crippen LogP contribution in [0.2, 0.25) is 18.1 Å². The third-order valence-corrected chi connectivity index (χ3v) is 13.4. The second kappa shape index (κ2) is 15.3. The van der Waals surface area contributed by atoms with E-state index in [1.807, 2.05) is 36.9 Å². The number of imidazole rings is 1. The number of benzene rings is 2. The predicted molar refractivity (Wildman–Crippen MR) is 185 cm³/mol. The minimum Gasteiger partial charge on any atom is -0.543 e. The van der Waals surface area contributed by atoms with Crippen LogP contribution in [0.5, 0.6) is 5.75 Å². The van der Waals surface area contributed by atoms with Gasteiger partial charge in [0.2, 0.25) is 8.32 Å². The maximum Gasteiger partial charge on any atom is 0.250 e. The van der Waals surface area contributed by atoms with Gasteiger partial charge in [0.15, 0.2) is 6.23 Å². The molecule has 9 nitrogen and oxygen atoms in total. The fraction of sp³-hybridized carbons (Fsp3) is 0.556. The molecule has 250 valence electrons. The van der Waals surface area contributed by atoms with Crippen LogP contribution in [0, 0.1) is 0 Å². The van der Waals surface area contributed by atoms with Crippen molar-refractivity contribution in [3.63, 3.8) is 0 Å². The number of ether oxygens (including phenoxy) is 4. The van der Waals surface area contributed by atoms with Gasteiger partial charge in [0.05, 0.1) is 44.7 Å². The van der Waals surface area contributed by atoms with E-state index < -0.39 is 8.32 Å². The fourth-order valence-electron chi connectivity index (χ4n) is 5.30. The zero-order valence-corrected chi connectivity index (χ0v) is 29.8. The van der Waals surface area contributed by atoms with Crippen LogP contribution in [-0.2, 0) is 39.0 Å². The van der Waals surface area contributed by atoms with Crippen molar-refractivity contribution >= 4 is 19.2 Å². The number of rotatable bonds is 15. The van der Waals surface area contributed by atoms with Gasteiger partial charge in [-0.3, -0.25) is 0 Å². The summed E-state index contributed by atoms with van der Waals surface area (Å²) in [5.41, 5.74) is 3.90. The first kappa shape index (κ1) is 34.3. The van der Waals surface area contributed by atoms with E-state index in [1.54, 1.807) is 0 Å². The van der Waals surface area contributed by atoms with Gasteiger partial charge in [-0.2, -0.15) is 5.10 Å². The van der Waals surface area contributed by atoms with Crippen LogP contribution in [-0.4, -0.2) is 66.8 Å². The number of fused-ring (bicyclic) bond motifs is 1. The summed E-state index contributed by atoms with van der Waals surface area (Å²) in [5, 5.41) is 6.25. The molecule has 1 fully saturated rings. The monoisotopic (exact) mass is 648 g/mol. The molecule has 0 N–H and O–H groups in total. The molecular weight excluding hydrogens is 597 g/mol. The highest BCUT2D eigenvalue weighted by Crippen LogP contribution is 2.39. The van der Waals surface area contributed by atoms with Gasteiger partial charge in [0.1, 0.15) is 23.0 Å². The smallest absolute Gasteiger partial charge is 0.250 e. The minimum atomic E-state index is -2.01. The summed E-state index contributed by atoms with van der Waals surface area (Å²) in [6, 6.07) is 16.5. The fourth-order valence-corrected chi connectivity index (χ4v) is 6.32. The first-order valence-corrected chi connectivity index (χ1v) is 19.6. The third kappa shape index (κ3) is 8.66. The van der Waals surface area contributed by atoms with Gasteiger partial charge in [-0.25, -0.2) is 9.67 Å². The topological polar surface area (TPSA) is 81.8 Å². The standard InChI is InChI=1S/C36H52N4O5Si/c1-27(44-26-28-13-9-8-10-14-28)25-42-22-21-41-20-18-33-37-31(24-39(33)5)35-30-23-29(45-46(6,7)36(2,3)4)16-17-32(30)40(38-35)34-15-11-12-19-43-34/h8-10,13-14,16-17,23-24,27,34H,11-12,15,18-22,25-26H2,1-7H3/t27-,34?/m0/s1. The maximum absolute atomic E-state index is 6.70. The molecule has 2 atom stereocenters. The Labute approximate surface area is 275 Å². The van der Waals surface area contributed by atoms with Crippen molar-refractivity contribution < 1.29 is 23.4 Å². The molecule has 1 saturated heterocycles. The predicted octanol–water partition coefficient (Wildman–Crippen LogP) is 7.70. The van der Waals surface area contributed by atoms with Gasteiger partial charge in [-0.15, -0.1) is 0 Å². The van der Waals surface area contributed by atoms with E-state index >= 15 is 0 Å². The Hall–Kier alpha value is -3.02. The molecular formula is C36H52N4O5Si. The number of nitrogens with zero attached hydrogens (tertiary/aromatic N) is 4. The summed E-state index contributed by atoms with van der Waals surface area (Å²) in [6.45, 7) is 16.9. The normalized spacial score (nSPS) is 16.6. The molecule has 0 saturated carbocycles. The number of hydrogen-bond acceptors (Lipinski definition) is 7. The molecule has 0 bridgehead atoms. The van der Waals surface area contributed by atoms with E-state index in [0.29, 0.717) is 39.5 Å². The third-order valence-electron chi connectivity index (χ3n) is 9.07. The van der Waals surface area contributed by atoms with Crippen molar-refractivity contribution in [2.75, 3.05) is 33.0 Å². The Bertz CT molecular complexity index is 1540. The average molecular weight is 649 g/mol. The molecule has 1 aliphatic rings. The molecule has 0 radical (unpaired) electrons. The van der Waals surface area contributed by atoms with Gasteiger partial charge in [0.25, 0.3) is 0 Å². The summed E-state index contributed by atoms with van der Waals surface area (Å²) < 4.78 is 34.5. The largest absolute Gasteiger partial charge is 0.543 e. The molecule has 46 heavy (non-hydrogen) atoms. The van der Waals surface area contributed by atoms with Crippen LogP contribution < -0.4 is 4.43 Å². The van der Waals surface area contributed by atoms with Crippen molar-refractivity contribution in [1.82, 2.24) is 19.3 Å². The van der Waals surface area contributed by atoms with E-state index in [1.165, 1.54) is 0 Å². The number of aryl methyl sites for hydroxylation is 1. The molecule has 5 rings (SSSR count). The molecule has 0 spiro atoms. The van der Waals surface area contributed by atoms with Crippen LogP contribution in [0.1, 0.15) is 64.6 Å². The Morgan fingerprint density at radius 3 is 2.54 bits per heavy atom. The lowest BCUT2D eigenvalue weighted by Crippen LogP contribution is -2.43. The maximum atomic E-state index is 6.70. The van der Waals surface area contributed by atoms with E-state index in [0.717, 1.165) is 65.3 Å². The zero-order chi connectivity index (χ0) is 32.7. The highest BCUT2D eigenvalue weighted by atomic mass is 28.4. The summed E-state index contributed by atoms with van der Waals surface area (Å²) in [7, 11) is 0.0183. The van der Waals surface area contributed by atoms with Crippen molar-refractivity contribution in [3.05, 3.63) is 66.1 Å². The highest BCUT2D eigenvalue weighted by molar-refractivity contribution is 6.74. The van der Waals surface area contributed by atoms with Gasteiger partial charge in [-0.1, -0.05) is 51.1 Å². The van der Waals surface area contributed by atoms with Crippen LogP contribution in [0.3, 0.4) is 0 Å². The highest BCUT2D eigenvalue weighted by Gasteiger charge is 2.39. The van der Waals surface area contributed by atoms with Crippen LogP contribution >= 0.6 is 0 Å². The summed E-state index contributed by atoms with van der Waals surface area (Å²) in [4.78, 5) is 5.02. The molecule has 3 heterocycles. The summed E-state index contributed by atoms with van der Waals surface area (Å²) in [6.07, 6.45) is 5.87. The summed E-state index contributed by atoms with van der Waals surface area (Å²) >= 11 is 0. The first-order chi connectivity index (χ1) is 22.0. The molecule has 2 aromatic heterocycles. The molecule has 2 aromatic carbocycles. The first-order valence-electron chi connectivity index (χ1n) is 16.7. The van der Waals surface area contributed by atoms with E-state index in [2.05, 4.69) is 75.0 Å². The molecule has 10 heteroatoms. The van der Waals surface area contributed by atoms with Crippen molar-refractivity contribution in [1.29, 1.82) is 0 Å². The number of aromatic nitrogens is 4. The second-order valence-corrected chi connectivity index (χ2v) is 18.6. The Balaban J connectivity index is 1.20. The van der Waals surface area contributed by atoms with E-state index in [-0.39, 0.29) is 17.4 Å². The lowest BCUT2D eigenvalue weighted by atomic mass is 10.1. The van der Waals surface area contributed by atoms with Crippen molar-refractivity contribution in [2.45, 2.75) is 90.4 Å². The van der Waals surface area contributed by atoms with E-state index in [9.17, 15) is 0 Å². The lowest BCUT2D eigenvalue weighted by molar-refractivity contribution is -0.0365. The molecule has 1 aliphatic heterocycles. The van der Waals surface area contributed by atoms with Crippen LogP contribution in [0.4, 0.5) is 0 Å². The Morgan fingerprint density at radius 2 is 1.80 bits per heavy atom. The molecule has 0 aliphatic carbocycles. The SMILES string of the molecule is C[C@@H](COCCOCCc1nc(-c2nn(C3CCCCO3)c3ccc(O[Si](C)(C)C(C)(C)C)cc23)cn1C)OCc1ccccc1. The molecule has 1 unspecified atom stereocenters. The Kier molecular flexibility index (Phi) is 11.4. The average Bonchev–Trinajstić information content (AvgIpc) is 3.59. The zero-order valence-electron chi connectivity index (χ0n) is 28.8. The van der Waals surface area contributed by atoms with Gasteiger partial charge < -0.3 is 27.9 Å². The van der Waals surface area contributed by atoms with Gasteiger partial charge in [-0.05, 0) is 68.1 Å². The Morgan fingerprint density at radius 1 is 1.02 bits per heavy atom. The lowest BCUT2D eigenvalue weighted by Gasteiger charge is -2.36. The number of hydrogen-bond donors (Lipinski definition) is 0.